The van der Waals surface area contributed by atoms with Gasteiger partial charge in [0, 0.05) is 10.6 Å². The van der Waals surface area contributed by atoms with Gasteiger partial charge in [-0.3, -0.25) is 4.79 Å². The third-order valence-electron chi connectivity index (χ3n) is 4.06. The van der Waals surface area contributed by atoms with Gasteiger partial charge in [-0.25, -0.2) is 4.79 Å². The van der Waals surface area contributed by atoms with Crippen LogP contribution in [0.3, 0.4) is 0 Å². The summed E-state index contributed by atoms with van der Waals surface area (Å²) in [5, 5.41) is 12.5. The Labute approximate surface area is 152 Å². The van der Waals surface area contributed by atoms with E-state index in [4.69, 9.17) is 11.6 Å². The molecule has 0 saturated carbocycles. The zero-order valence-corrected chi connectivity index (χ0v) is 15.6. The number of carbonyl (C=O) groups is 2. The molecule has 5 heteroatoms. The summed E-state index contributed by atoms with van der Waals surface area (Å²) >= 11 is 6.16. The Hall–Kier alpha value is -2.33. The van der Waals surface area contributed by atoms with Gasteiger partial charge in [0.05, 0.1) is 11.3 Å². The molecule has 25 heavy (non-hydrogen) atoms. The van der Waals surface area contributed by atoms with E-state index in [-0.39, 0.29) is 22.6 Å². The smallest absolute Gasteiger partial charge is 0.337 e. The van der Waals surface area contributed by atoms with E-state index < -0.39 is 5.97 Å². The first-order valence-corrected chi connectivity index (χ1v) is 8.49. The van der Waals surface area contributed by atoms with Gasteiger partial charge in [-0.1, -0.05) is 51.4 Å². The molecule has 0 unspecified atom stereocenters. The normalized spacial score (nSPS) is 11.2. The van der Waals surface area contributed by atoms with Gasteiger partial charge in [0.2, 0.25) is 0 Å². The van der Waals surface area contributed by atoms with Crippen LogP contribution in [0.1, 0.15) is 59.5 Å². The molecule has 0 fully saturated rings. The number of amides is 1. The van der Waals surface area contributed by atoms with Crippen molar-refractivity contribution in [2.45, 2.75) is 39.5 Å². The van der Waals surface area contributed by atoms with E-state index >= 15 is 0 Å². The van der Waals surface area contributed by atoms with Gasteiger partial charge in [-0.2, -0.15) is 0 Å². The second-order valence-electron chi connectivity index (χ2n) is 6.93. The number of hydrogen-bond donors (Lipinski definition) is 2. The molecule has 2 rings (SSSR count). The van der Waals surface area contributed by atoms with E-state index in [0.29, 0.717) is 17.0 Å². The molecule has 2 N–H and O–H groups in total. The predicted octanol–water partition coefficient (Wildman–Crippen LogP) is 5.15. The lowest BCUT2D eigenvalue weighted by Crippen LogP contribution is -2.16. The predicted molar refractivity (Wildman–Crippen MR) is 101 cm³/mol. The molecular formula is C20H22ClNO3. The molecular weight excluding hydrogens is 338 g/mol. The Bertz CT molecular complexity index is 805. The number of anilines is 1. The molecule has 0 aliphatic heterocycles. The van der Waals surface area contributed by atoms with Gasteiger partial charge in [0.1, 0.15) is 0 Å². The van der Waals surface area contributed by atoms with Crippen LogP contribution in [0.25, 0.3) is 0 Å². The van der Waals surface area contributed by atoms with Gasteiger partial charge in [0.15, 0.2) is 0 Å². The number of carboxylic acid groups (broad SMARTS) is 1. The molecule has 0 saturated heterocycles. The Balaban J connectivity index is 2.31. The van der Waals surface area contributed by atoms with Crippen molar-refractivity contribution in [3.63, 3.8) is 0 Å². The molecule has 2 aromatic carbocycles. The third-order valence-corrected chi connectivity index (χ3v) is 4.41. The summed E-state index contributed by atoms with van der Waals surface area (Å²) in [7, 11) is 0. The van der Waals surface area contributed by atoms with Crippen molar-refractivity contribution in [3.05, 3.63) is 63.7 Å². The van der Waals surface area contributed by atoms with Crippen molar-refractivity contribution in [1.82, 2.24) is 0 Å². The van der Waals surface area contributed by atoms with Crippen molar-refractivity contribution in [3.8, 4) is 0 Å². The van der Waals surface area contributed by atoms with Crippen LogP contribution in [0, 0.1) is 0 Å². The lowest BCUT2D eigenvalue weighted by Gasteiger charge is -2.19. The van der Waals surface area contributed by atoms with Crippen molar-refractivity contribution < 1.29 is 14.7 Å². The Morgan fingerprint density at radius 1 is 1.12 bits per heavy atom. The lowest BCUT2D eigenvalue weighted by molar-refractivity contribution is 0.0698. The number of hydrogen-bond acceptors (Lipinski definition) is 2. The monoisotopic (exact) mass is 359 g/mol. The summed E-state index contributed by atoms with van der Waals surface area (Å²) < 4.78 is 0. The van der Waals surface area contributed by atoms with E-state index in [1.807, 2.05) is 19.1 Å². The largest absolute Gasteiger partial charge is 0.478 e. The molecule has 1 amide bonds. The zero-order chi connectivity index (χ0) is 18.8. The molecule has 132 valence electrons. The zero-order valence-electron chi connectivity index (χ0n) is 14.8. The second-order valence-corrected chi connectivity index (χ2v) is 7.34. The number of aromatic carboxylic acids is 1. The first kappa shape index (κ1) is 19.0. The average Bonchev–Trinajstić information content (AvgIpc) is 2.54. The van der Waals surface area contributed by atoms with Crippen LogP contribution in [0.5, 0.6) is 0 Å². The molecule has 0 spiro atoms. The minimum Gasteiger partial charge on any atom is -0.478 e. The topological polar surface area (TPSA) is 66.4 Å². The summed E-state index contributed by atoms with van der Waals surface area (Å²) in [5.41, 5.74) is 2.52. The Morgan fingerprint density at radius 3 is 2.20 bits per heavy atom. The van der Waals surface area contributed by atoms with Crippen LogP contribution in [-0.2, 0) is 11.8 Å². The highest BCUT2D eigenvalue weighted by molar-refractivity contribution is 6.32. The number of halogens is 1. The van der Waals surface area contributed by atoms with Crippen molar-refractivity contribution in [2.75, 3.05) is 5.32 Å². The van der Waals surface area contributed by atoms with Crippen LogP contribution >= 0.6 is 11.6 Å². The third kappa shape index (κ3) is 4.40. The van der Waals surface area contributed by atoms with Crippen molar-refractivity contribution >= 4 is 29.2 Å². The molecule has 0 aliphatic rings. The van der Waals surface area contributed by atoms with Crippen LogP contribution in [0.15, 0.2) is 36.4 Å². The minimum absolute atomic E-state index is 0.00497. The molecule has 0 aliphatic carbocycles. The van der Waals surface area contributed by atoms with Gasteiger partial charge in [-0.05, 0) is 47.2 Å². The van der Waals surface area contributed by atoms with E-state index in [2.05, 4.69) is 26.1 Å². The number of benzene rings is 2. The van der Waals surface area contributed by atoms with Crippen molar-refractivity contribution in [1.29, 1.82) is 0 Å². The first-order valence-electron chi connectivity index (χ1n) is 8.11. The molecule has 0 heterocycles. The Kier molecular flexibility index (Phi) is 5.53. The fourth-order valence-corrected chi connectivity index (χ4v) is 2.78. The van der Waals surface area contributed by atoms with Crippen LogP contribution < -0.4 is 5.32 Å². The number of aryl methyl sites for hydroxylation is 1. The van der Waals surface area contributed by atoms with E-state index in [0.717, 1.165) is 11.1 Å². The summed E-state index contributed by atoms with van der Waals surface area (Å²) in [5.74, 6) is -1.48. The first-order chi connectivity index (χ1) is 11.6. The van der Waals surface area contributed by atoms with Gasteiger partial charge in [-0.15, -0.1) is 0 Å². The maximum absolute atomic E-state index is 12.5. The Morgan fingerprint density at radius 2 is 1.72 bits per heavy atom. The number of carbonyl (C=O) groups excluding carboxylic acids is 1. The lowest BCUT2D eigenvalue weighted by atomic mass is 9.86. The summed E-state index contributed by atoms with van der Waals surface area (Å²) in [4.78, 5) is 23.9. The highest BCUT2D eigenvalue weighted by Crippen LogP contribution is 2.27. The van der Waals surface area contributed by atoms with Crippen LogP contribution in [-0.4, -0.2) is 17.0 Å². The van der Waals surface area contributed by atoms with Crippen molar-refractivity contribution in [2.24, 2.45) is 0 Å². The summed E-state index contributed by atoms with van der Waals surface area (Å²) in [6.07, 6.45) is 0.613. The number of carboxylic acids is 1. The standard InChI is InChI=1S/C20H22ClNO3/c1-5-12-10-15(19(24)25)17(11-16(12)21)22-18(23)13-6-8-14(9-7-13)20(2,3)4/h6-11H,5H2,1-4H3,(H,22,23)(H,24,25). The highest BCUT2D eigenvalue weighted by atomic mass is 35.5. The fourth-order valence-electron chi connectivity index (χ4n) is 2.49. The molecule has 0 radical (unpaired) electrons. The highest BCUT2D eigenvalue weighted by Gasteiger charge is 2.18. The minimum atomic E-state index is -1.11. The molecule has 0 bridgehead atoms. The molecule has 4 nitrogen and oxygen atoms in total. The SMILES string of the molecule is CCc1cc(C(=O)O)c(NC(=O)c2ccc(C(C)(C)C)cc2)cc1Cl. The number of rotatable bonds is 4. The van der Waals surface area contributed by atoms with Crippen LogP contribution in [0.2, 0.25) is 5.02 Å². The van der Waals surface area contributed by atoms with E-state index in [9.17, 15) is 14.7 Å². The van der Waals surface area contributed by atoms with E-state index in [1.165, 1.54) is 12.1 Å². The second kappa shape index (κ2) is 7.28. The fraction of sp³-hybridized carbons (Fsp3) is 0.300. The molecule has 0 atom stereocenters. The quantitative estimate of drug-likeness (QED) is 0.793. The number of nitrogens with one attached hydrogen (secondary N) is 1. The van der Waals surface area contributed by atoms with Crippen LogP contribution in [0.4, 0.5) is 5.69 Å². The molecule has 2 aromatic rings. The molecule has 0 aromatic heterocycles. The maximum Gasteiger partial charge on any atom is 0.337 e. The van der Waals surface area contributed by atoms with E-state index in [1.54, 1.807) is 12.1 Å². The van der Waals surface area contributed by atoms with Gasteiger partial charge in [0.25, 0.3) is 5.91 Å². The average molecular weight is 360 g/mol. The summed E-state index contributed by atoms with van der Waals surface area (Å²) in [6.45, 7) is 8.18. The van der Waals surface area contributed by atoms with Gasteiger partial charge >= 0.3 is 5.97 Å². The van der Waals surface area contributed by atoms with Gasteiger partial charge < -0.3 is 10.4 Å². The maximum atomic E-state index is 12.5. The summed E-state index contributed by atoms with van der Waals surface area (Å²) in [6, 6.07) is 10.3.